The molecule has 2 unspecified atom stereocenters. The van der Waals surface area contributed by atoms with Gasteiger partial charge >= 0.3 is 0 Å². The van der Waals surface area contributed by atoms with Crippen molar-refractivity contribution < 1.29 is 14.9 Å². The van der Waals surface area contributed by atoms with Gasteiger partial charge in [-0.15, -0.1) is 6.42 Å². The standard InChI is InChI=1S/C14H16ClN5O3/c1-4-14(15)10(22)9(7(3)21)23-12(14)20-5-17-8-6(2)18-13(16)19-11(8)20/h1,5,7,9-10,12,21-22H,2H2,3H3,(H3,16,18,19)/t7-,9?,10?,12-,14-/m1/s1. The zero-order valence-electron chi connectivity index (χ0n) is 12.3. The molecule has 5 N–H and O–H groups in total. The van der Waals surface area contributed by atoms with E-state index in [0.29, 0.717) is 17.2 Å². The van der Waals surface area contributed by atoms with Crippen LogP contribution in [-0.2, 0) is 4.74 Å². The number of guanidine groups is 1. The number of aliphatic imine (C=N–C) groups is 1. The van der Waals surface area contributed by atoms with Crippen LogP contribution >= 0.6 is 11.6 Å². The second-order valence-electron chi connectivity index (χ2n) is 5.48. The lowest BCUT2D eigenvalue weighted by molar-refractivity contribution is -0.0757. The average Bonchev–Trinajstić information content (AvgIpc) is 3.00. The SMILES string of the molecule is C#C[C@@]1(Cl)C(O)C([C@@H](C)O)O[C@H]1n1cnc2c1N=C(N)NC2=C. The summed E-state index contributed by atoms with van der Waals surface area (Å²) in [6.07, 6.45) is 2.78. The number of aliphatic hydroxyl groups is 2. The molecule has 0 aromatic carbocycles. The Morgan fingerprint density at radius 2 is 2.39 bits per heavy atom. The van der Waals surface area contributed by atoms with Gasteiger partial charge < -0.3 is 26.0 Å². The predicted molar refractivity (Wildman–Crippen MR) is 84.7 cm³/mol. The van der Waals surface area contributed by atoms with Crippen molar-refractivity contribution in [3.05, 3.63) is 18.6 Å². The van der Waals surface area contributed by atoms with Crippen LogP contribution in [0.15, 0.2) is 17.9 Å². The Hall–Kier alpha value is -2.05. The van der Waals surface area contributed by atoms with E-state index in [-0.39, 0.29) is 5.96 Å². The highest BCUT2D eigenvalue weighted by molar-refractivity contribution is 6.27. The van der Waals surface area contributed by atoms with Gasteiger partial charge in [0.25, 0.3) is 0 Å². The summed E-state index contributed by atoms with van der Waals surface area (Å²) in [5.74, 6) is 2.85. The highest BCUT2D eigenvalue weighted by atomic mass is 35.5. The Kier molecular flexibility index (Phi) is 3.61. The van der Waals surface area contributed by atoms with Gasteiger partial charge in [0, 0.05) is 0 Å². The monoisotopic (exact) mass is 337 g/mol. The number of imidazole rings is 1. The van der Waals surface area contributed by atoms with Crippen molar-refractivity contribution in [2.75, 3.05) is 0 Å². The lowest BCUT2D eigenvalue weighted by Gasteiger charge is -2.26. The van der Waals surface area contributed by atoms with Gasteiger partial charge in [-0.25, -0.2) is 4.98 Å². The Morgan fingerprint density at radius 3 is 3.00 bits per heavy atom. The Bertz CT molecular complexity index is 737. The number of fused-ring (bicyclic) bond motifs is 1. The second-order valence-corrected chi connectivity index (χ2v) is 6.10. The van der Waals surface area contributed by atoms with E-state index in [4.69, 9.17) is 28.5 Å². The van der Waals surface area contributed by atoms with E-state index in [1.807, 2.05) is 0 Å². The number of terminal acetylenes is 1. The number of hydrogen-bond donors (Lipinski definition) is 4. The van der Waals surface area contributed by atoms with E-state index >= 15 is 0 Å². The Balaban J connectivity index is 2.10. The molecule has 3 heterocycles. The average molecular weight is 338 g/mol. The van der Waals surface area contributed by atoms with Crippen molar-refractivity contribution in [2.24, 2.45) is 10.7 Å². The van der Waals surface area contributed by atoms with Crippen LogP contribution in [0.1, 0.15) is 18.8 Å². The molecule has 1 aromatic heterocycles. The summed E-state index contributed by atoms with van der Waals surface area (Å²) in [7, 11) is 0. The fourth-order valence-corrected chi connectivity index (χ4v) is 3.00. The number of aromatic nitrogens is 2. The highest BCUT2D eigenvalue weighted by Crippen LogP contribution is 2.46. The van der Waals surface area contributed by atoms with Crippen LogP contribution in [-0.4, -0.2) is 48.9 Å². The van der Waals surface area contributed by atoms with Gasteiger partial charge in [0.05, 0.1) is 18.1 Å². The summed E-state index contributed by atoms with van der Waals surface area (Å²) in [5.41, 5.74) is 6.64. The number of halogens is 1. The first-order chi connectivity index (χ1) is 10.8. The van der Waals surface area contributed by atoms with E-state index in [9.17, 15) is 10.2 Å². The minimum Gasteiger partial charge on any atom is -0.391 e. The number of aliphatic hydroxyl groups excluding tert-OH is 2. The van der Waals surface area contributed by atoms with Gasteiger partial charge in [-0.3, -0.25) is 4.57 Å². The van der Waals surface area contributed by atoms with Crippen molar-refractivity contribution in [3.63, 3.8) is 0 Å². The van der Waals surface area contributed by atoms with Gasteiger partial charge in [0.2, 0.25) is 0 Å². The number of alkyl halides is 1. The second kappa shape index (κ2) is 5.25. The van der Waals surface area contributed by atoms with Crippen molar-refractivity contribution in [2.45, 2.75) is 36.3 Å². The molecule has 0 spiro atoms. The fourth-order valence-electron chi connectivity index (χ4n) is 2.72. The van der Waals surface area contributed by atoms with Crippen molar-refractivity contribution in [1.29, 1.82) is 0 Å². The third-order valence-electron chi connectivity index (χ3n) is 3.90. The maximum atomic E-state index is 10.4. The van der Waals surface area contributed by atoms with Crippen LogP contribution in [0.2, 0.25) is 0 Å². The number of rotatable bonds is 2. The lowest BCUT2D eigenvalue weighted by atomic mass is 9.97. The Labute approximate surface area is 137 Å². The third kappa shape index (κ3) is 2.21. The lowest BCUT2D eigenvalue weighted by Crippen LogP contribution is -2.43. The predicted octanol–water partition coefficient (Wildman–Crippen LogP) is -0.347. The summed E-state index contributed by atoms with van der Waals surface area (Å²) in [4.78, 5) is 6.77. The topological polar surface area (TPSA) is 118 Å². The normalized spacial score (nSPS) is 34.3. The third-order valence-corrected chi connectivity index (χ3v) is 4.41. The Morgan fingerprint density at radius 1 is 1.70 bits per heavy atom. The largest absolute Gasteiger partial charge is 0.391 e. The molecule has 0 aliphatic carbocycles. The van der Waals surface area contributed by atoms with Gasteiger partial charge in [0.1, 0.15) is 17.9 Å². The van der Waals surface area contributed by atoms with Crippen molar-refractivity contribution in [1.82, 2.24) is 14.9 Å². The number of ether oxygens (including phenoxy) is 1. The molecule has 122 valence electrons. The molecular formula is C14H16ClN5O3. The quantitative estimate of drug-likeness (QED) is 0.433. The van der Waals surface area contributed by atoms with E-state index in [2.05, 4.69) is 27.8 Å². The minimum atomic E-state index is -1.59. The maximum Gasteiger partial charge on any atom is 0.199 e. The van der Waals surface area contributed by atoms with E-state index in [1.54, 1.807) is 0 Å². The maximum absolute atomic E-state index is 10.4. The number of nitrogens with two attached hydrogens (primary N) is 1. The van der Waals surface area contributed by atoms with Crippen LogP contribution in [0.5, 0.6) is 0 Å². The zero-order valence-corrected chi connectivity index (χ0v) is 13.0. The van der Waals surface area contributed by atoms with Crippen LogP contribution in [0.3, 0.4) is 0 Å². The molecule has 1 saturated heterocycles. The first-order valence-corrected chi connectivity index (χ1v) is 7.23. The minimum absolute atomic E-state index is 0.135. The summed E-state index contributed by atoms with van der Waals surface area (Å²) in [6, 6.07) is 0. The zero-order chi connectivity index (χ0) is 16.9. The van der Waals surface area contributed by atoms with Gasteiger partial charge in [-0.1, -0.05) is 24.1 Å². The molecule has 8 nitrogen and oxygen atoms in total. The molecule has 3 rings (SSSR count). The summed E-state index contributed by atoms with van der Waals surface area (Å²) < 4.78 is 7.19. The molecule has 0 saturated carbocycles. The van der Waals surface area contributed by atoms with E-state index in [1.165, 1.54) is 17.8 Å². The summed E-state index contributed by atoms with van der Waals surface area (Å²) >= 11 is 6.43. The molecule has 2 aliphatic rings. The fraction of sp³-hybridized carbons (Fsp3) is 0.429. The number of hydrogen-bond acceptors (Lipinski definition) is 7. The molecule has 0 radical (unpaired) electrons. The number of nitrogens with zero attached hydrogens (tertiary/aromatic N) is 3. The van der Waals surface area contributed by atoms with Crippen LogP contribution in [0, 0.1) is 12.3 Å². The molecule has 23 heavy (non-hydrogen) atoms. The molecule has 0 bridgehead atoms. The molecule has 1 fully saturated rings. The van der Waals surface area contributed by atoms with E-state index < -0.39 is 29.4 Å². The molecular weight excluding hydrogens is 322 g/mol. The summed E-state index contributed by atoms with van der Waals surface area (Å²) in [6.45, 7) is 5.29. The molecule has 5 atom stereocenters. The van der Waals surface area contributed by atoms with Crippen LogP contribution in [0.25, 0.3) is 5.70 Å². The number of nitrogens with one attached hydrogen (secondary N) is 1. The van der Waals surface area contributed by atoms with Gasteiger partial charge in [-0.05, 0) is 6.92 Å². The molecule has 1 aromatic rings. The van der Waals surface area contributed by atoms with Crippen LogP contribution < -0.4 is 11.1 Å². The summed E-state index contributed by atoms with van der Waals surface area (Å²) in [5, 5.41) is 22.9. The first-order valence-electron chi connectivity index (χ1n) is 6.85. The van der Waals surface area contributed by atoms with Gasteiger partial charge in [-0.2, -0.15) is 4.99 Å². The molecule has 2 aliphatic heterocycles. The first kappa shape index (κ1) is 15.8. The van der Waals surface area contributed by atoms with Crippen molar-refractivity contribution in [3.8, 4) is 12.3 Å². The highest BCUT2D eigenvalue weighted by Gasteiger charge is 2.57. The smallest absolute Gasteiger partial charge is 0.199 e. The van der Waals surface area contributed by atoms with Gasteiger partial charge in [0.15, 0.2) is 22.9 Å². The van der Waals surface area contributed by atoms with Crippen molar-refractivity contribution >= 4 is 29.1 Å². The van der Waals surface area contributed by atoms with Crippen LogP contribution in [0.4, 0.5) is 5.82 Å². The molecule has 9 heteroatoms. The van der Waals surface area contributed by atoms with E-state index in [0.717, 1.165) is 0 Å². The molecule has 0 amide bonds.